The summed E-state index contributed by atoms with van der Waals surface area (Å²) >= 11 is 0. The first-order valence-corrected chi connectivity index (χ1v) is 13.0. The molecule has 186 valence electrons. The fourth-order valence-corrected chi connectivity index (χ4v) is 5.59. The monoisotopic (exact) mass is 469 g/mol. The standard InChI is InChI=1S/C27H39N3O4/c1-5-24(31)28-14-15-29-22-17-21(25(32)30(18(2)3)20-10-7-6-8-11-20)19(4)16-23(22)34-27(26(29)33)12-9-13-27/h16-18,20H,5-15H2,1-4H3,(H,28,31). The first-order chi connectivity index (χ1) is 16.3. The van der Waals surface area contributed by atoms with Crippen molar-refractivity contribution >= 4 is 23.4 Å². The SMILES string of the molecule is CCC(=O)NCCN1C(=O)C2(CCC2)Oc2cc(C)c(C(=O)N(C(C)C)C3CCCCC3)cc21. The van der Waals surface area contributed by atoms with Crippen molar-refractivity contribution in [2.45, 2.75) is 103 Å². The van der Waals surface area contributed by atoms with Crippen LogP contribution in [0.15, 0.2) is 12.1 Å². The molecule has 0 aromatic heterocycles. The van der Waals surface area contributed by atoms with Crippen LogP contribution >= 0.6 is 0 Å². The van der Waals surface area contributed by atoms with E-state index in [-0.39, 0.29) is 29.8 Å². The van der Waals surface area contributed by atoms with E-state index in [9.17, 15) is 14.4 Å². The zero-order chi connectivity index (χ0) is 24.5. The molecule has 0 radical (unpaired) electrons. The molecule has 1 aliphatic heterocycles. The van der Waals surface area contributed by atoms with E-state index in [2.05, 4.69) is 19.2 Å². The van der Waals surface area contributed by atoms with Gasteiger partial charge in [0.1, 0.15) is 5.75 Å². The quantitative estimate of drug-likeness (QED) is 0.644. The Labute approximate surface area is 203 Å². The highest BCUT2D eigenvalue weighted by Crippen LogP contribution is 2.47. The van der Waals surface area contributed by atoms with Gasteiger partial charge in [0, 0.05) is 37.2 Å². The van der Waals surface area contributed by atoms with Crippen LogP contribution in [0.5, 0.6) is 5.75 Å². The summed E-state index contributed by atoms with van der Waals surface area (Å²) in [5.74, 6) is 0.577. The number of anilines is 1. The van der Waals surface area contributed by atoms with Crippen LogP contribution in [0.4, 0.5) is 5.69 Å². The lowest BCUT2D eigenvalue weighted by Crippen LogP contribution is -2.61. The molecule has 0 saturated heterocycles. The van der Waals surface area contributed by atoms with Gasteiger partial charge >= 0.3 is 0 Å². The van der Waals surface area contributed by atoms with Gasteiger partial charge in [-0.3, -0.25) is 14.4 Å². The van der Waals surface area contributed by atoms with E-state index < -0.39 is 5.60 Å². The number of nitrogens with zero attached hydrogens (tertiary/aromatic N) is 2. The van der Waals surface area contributed by atoms with Gasteiger partial charge in [-0.1, -0.05) is 26.2 Å². The molecule has 4 rings (SSSR count). The number of aryl methyl sites for hydroxylation is 1. The van der Waals surface area contributed by atoms with Crippen LogP contribution in [-0.4, -0.2) is 53.4 Å². The Morgan fingerprint density at radius 1 is 1.18 bits per heavy atom. The molecular weight excluding hydrogens is 430 g/mol. The normalized spacial score (nSPS) is 19.4. The predicted octanol–water partition coefficient (Wildman–Crippen LogP) is 4.35. The highest BCUT2D eigenvalue weighted by Gasteiger charge is 2.52. The lowest BCUT2D eigenvalue weighted by atomic mass is 9.77. The number of fused-ring (bicyclic) bond motifs is 1. The Bertz CT molecular complexity index is 947. The molecule has 2 fully saturated rings. The van der Waals surface area contributed by atoms with E-state index in [0.29, 0.717) is 49.4 Å². The van der Waals surface area contributed by atoms with Crippen molar-refractivity contribution < 1.29 is 19.1 Å². The average Bonchev–Trinajstić information content (AvgIpc) is 2.79. The summed E-state index contributed by atoms with van der Waals surface area (Å²) in [6.07, 6.45) is 8.40. The van der Waals surface area contributed by atoms with E-state index in [1.165, 1.54) is 6.42 Å². The molecule has 7 heteroatoms. The maximum atomic E-state index is 13.8. The van der Waals surface area contributed by atoms with E-state index in [1.54, 1.807) is 11.8 Å². The molecule has 1 aromatic carbocycles. The number of rotatable bonds is 7. The summed E-state index contributed by atoms with van der Waals surface area (Å²) in [5.41, 5.74) is 1.33. The van der Waals surface area contributed by atoms with Gasteiger partial charge in [-0.25, -0.2) is 0 Å². The maximum Gasteiger partial charge on any atom is 0.271 e. The van der Waals surface area contributed by atoms with Gasteiger partial charge in [0.05, 0.1) is 5.69 Å². The van der Waals surface area contributed by atoms with Gasteiger partial charge in [0.15, 0.2) is 5.60 Å². The van der Waals surface area contributed by atoms with E-state index >= 15 is 0 Å². The first-order valence-electron chi connectivity index (χ1n) is 13.0. The highest BCUT2D eigenvalue weighted by molar-refractivity contribution is 6.05. The number of nitrogens with one attached hydrogen (secondary N) is 1. The largest absolute Gasteiger partial charge is 0.475 e. The summed E-state index contributed by atoms with van der Waals surface area (Å²) in [6, 6.07) is 4.12. The number of hydrogen-bond donors (Lipinski definition) is 1. The predicted molar refractivity (Wildman–Crippen MR) is 132 cm³/mol. The van der Waals surface area contributed by atoms with Crippen LogP contribution in [0.25, 0.3) is 0 Å². The molecular formula is C27H39N3O4. The van der Waals surface area contributed by atoms with E-state index in [4.69, 9.17) is 4.74 Å². The molecule has 1 spiro atoms. The smallest absolute Gasteiger partial charge is 0.271 e. The maximum absolute atomic E-state index is 13.8. The molecule has 0 atom stereocenters. The second-order valence-electron chi connectivity index (χ2n) is 10.3. The third-order valence-corrected chi connectivity index (χ3v) is 7.67. The molecule has 1 aromatic rings. The van der Waals surface area contributed by atoms with Crippen LogP contribution in [-0.2, 0) is 9.59 Å². The fourth-order valence-electron chi connectivity index (χ4n) is 5.59. The van der Waals surface area contributed by atoms with Crippen molar-refractivity contribution in [3.8, 4) is 5.75 Å². The van der Waals surface area contributed by atoms with Crippen molar-refractivity contribution in [3.63, 3.8) is 0 Å². The van der Waals surface area contributed by atoms with Crippen LogP contribution < -0.4 is 15.0 Å². The van der Waals surface area contributed by atoms with Crippen molar-refractivity contribution in [1.29, 1.82) is 0 Å². The first kappa shape index (κ1) is 24.6. The Hall–Kier alpha value is -2.57. The van der Waals surface area contributed by atoms with Crippen molar-refractivity contribution in [2.24, 2.45) is 0 Å². The molecule has 1 N–H and O–H groups in total. The lowest BCUT2D eigenvalue weighted by molar-refractivity contribution is -0.143. The molecule has 34 heavy (non-hydrogen) atoms. The van der Waals surface area contributed by atoms with Crippen LogP contribution in [0.1, 0.15) is 94.5 Å². The second kappa shape index (κ2) is 9.96. The second-order valence-corrected chi connectivity index (χ2v) is 10.3. The van der Waals surface area contributed by atoms with Gasteiger partial charge in [0.2, 0.25) is 5.91 Å². The van der Waals surface area contributed by atoms with Crippen molar-refractivity contribution in [3.05, 3.63) is 23.3 Å². The molecule has 3 aliphatic rings. The zero-order valence-corrected chi connectivity index (χ0v) is 21.1. The Morgan fingerprint density at radius 3 is 2.47 bits per heavy atom. The topological polar surface area (TPSA) is 79.0 Å². The van der Waals surface area contributed by atoms with Gasteiger partial charge in [0.25, 0.3) is 11.8 Å². The van der Waals surface area contributed by atoms with Crippen molar-refractivity contribution in [1.82, 2.24) is 10.2 Å². The summed E-state index contributed by atoms with van der Waals surface area (Å²) in [4.78, 5) is 42.9. The van der Waals surface area contributed by atoms with Gasteiger partial charge in [-0.05, 0) is 70.6 Å². The third kappa shape index (κ3) is 4.53. The van der Waals surface area contributed by atoms with Crippen molar-refractivity contribution in [2.75, 3.05) is 18.0 Å². The minimum absolute atomic E-state index is 0.0258. The minimum Gasteiger partial charge on any atom is -0.475 e. The summed E-state index contributed by atoms with van der Waals surface area (Å²) in [7, 11) is 0. The molecule has 2 aliphatic carbocycles. The molecule has 0 bridgehead atoms. The Morgan fingerprint density at radius 2 is 1.88 bits per heavy atom. The fraction of sp³-hybridized carbons (Fsp3) is 0.667. The Balaban J connectivity index is 1.67. The number of hydrogen-bond acceptors (Lipinski definition) is 4. The van der Waals surface area contributed by atoms with Gasteiger partial charge < -0.3 is 19.9 Å². The van der Waals surface area contributed by atoms with Crippen LogP contribution in [0.2, 0.25) is 0 Å². The number of carbonyl (C=O) groups is 3. The number of amides is 3. The number of carbonyl (C=O) groups excluding carboxylic acids is 3. The summed E-state index contributed by atoms with van der Waals surface area (Å²) < 4.78 is 6.28. The summed E-state index contributed by atoms with van der Waals surface area (Å²) in [6.45, 7) is 8.64. The Kier molecular flexibility index (Phi) is 7.20. The van der Waals surface area contributed by atoms with E-state index in [1.807, 2.05) is 24.0 Å². The molecule has 3 amide bonds. The molecule has 1 heterocycles. The number of benzene rings is 1. The molecule has 0 unspecified atom stereocenters. The van der Waals surface area contributed by atoms with Crippen LogP contribution in [0, 0.1) is 6.92 Å². The summed E-state index contributed by atoms with van der Waals surface area (Å²) in [5, 5.41) is 2.87. The molecule has 2 saturated carbocycles. The average molecular weight is 470 g/mol. The lowest BCUT2D eigenvalue weighted by Gasteiger charge is -2.47. The van der Waals surface area contributed by atoms with Crippen LogP contribution in [0.3, 0.4) is 0 Å². The minimum atomic E-state index is -0.800. The number of ether oxygens (including phenoxy) is 1. The van der Waals surface area contributed by atoms with Gasteiger partial charge in [-0.15, -0.1) is 0 Å². The van der Waals surface area contributed by atoms with E-state index in [0.717, 1.165) is 37.7 Å². The zero-order valence-electron chi connectivity index (χ0n) is 21.1. The van der Waals surface area contributed by atoms with Gasteiger partial charge in [-0.2, -0.15) is 0 Å². The highest BCUT2D eigenvalue weighted by atomic mass is 16.5. The molecule has 7 nitrogen and oxygen atoms in total. The third-order valence-electron chi connectivity index (χ3n) is 7.67.